The molecule has 0 aliphatic carbocycles. The Morgan fingerprint density at radius 3 is 2.32 bits per heavy atom. The summed E-state index contributed by atoms with van der Waals surface area (Å²) in [7, 11) is 0. The summed E-state index contributed by atoms with van der Waals surface area (Å²) in [5.41, 5.74) is 0.430. The maximum atomic E-state index is 12.5. The Morgan fingerprint density at radius 1 is 1.11 bits per heavy atom. The van der Waals surface area contributed by atoms with Crippen LogP contribution in [-0.2, 0) is 4.79 Å². The lowest BCUT2D eigenvalue weighted by Crippen LogP contribution is -2.32. The quantitative estimate of drug-likeness (QED) is 0.792. The second kappa shape index (κ2) is 8.12. The highest BCUT2D eigenvalue weighted by molar-refractivity contribution is 5.91. The van der Waals surface area contributed by atoms with Gasteiger partial charge in [-0.1, -0.05) is 12.1 Å². The first-order valence-corrected chi connectivity index (χ1v) is 9.02. The van der Waals surface area contributed by atoms with Gasteiger partial charge in [-0.2, -0.15) is 0 Å². The first kappa shape index (κ1) is 20.0. The molecule has 6 nitrogen and oxygen atoms in total. The number of carbonyl (C=O) groups is 2. The Morgan fingerprint density at radius 2 is 1.75 bits per heavy atom. The van der Waals surface area contributed by atoms with Crippen LogP contribution in [0.2, 0.25) is 0 Å². The van der Waals surface area contributed by atoms with Crippen LogP contribution in [0.3, 0.4) is 0 Å². The van der Waals surface area contributed by atoms with E-state index in [1.54, 1.807) is 11.0 Å². The van der Waals surface area contributed by atoms with Crippen LogP contribution in [0.15, 0.2) is 30.3 Å². The third kappa shape index (κ3) is 5.17. The topological polar surface area (TPSA) is 70.1 Å². The number of hydrogen-bond donors (Lipinski definition) is 1. The third-order valence-corrected chi connectivity index (χ3v) is 5.21. The van der Waals surface area contributed by atoms with Gasteiger partial charge in [0.05, 0.1) is 0 Å². The molecule has 0 spiro atoms. The Balaban J connectivity index is 1.57. The number of carboxylic acid groups (broad SMARTS) is 1. The van der Waals surface area contributed by atoms with Gasteiger partial charge in [0.15, 0.2) is 0 Å². The summed E-state index contributed by atoms with van der Waals surface area (Å²) in [5.74, 6) is -0.0342. The van der Waals surface area contributed by atoms with Crippen LogP contribution in [0.1, 0.15) is 18.4 Å². The van der Waals surface area contributed by atoms with E-state index in [0.717, 1.165) is 12.8 Å². The van der Waals surface area contributed by atoms with Crippen molar-refractivity contribution >= 4 is 18.1 Å². The molecule has 2 atom stereocenters. The number of rotatable bonds is 3. The summed E-state index contributed by atoms with van der Waals surface area (Å²) in [6.45, 7) is 2.08. The SMILES string of the molecule is O=C(O)N1C[C@H]2CCN(C(=O)/C=C/c3cccc(OC(F)(F)F)c3)CC[C@H]2C1. The molecule has 152 valence electrons. The third-order valence-electron chi connectivity index (χ3n) is 5.21. The zero-order chi connectivity index (χ0) is 20.3. The molecule has 0 radical (unpaired) electrons. The van der Waals surface area contributed by atoms with Crippen molar-refractivity contribution in [1.29, 1.82) is 0 Å². The van der Waals surface area contributed by atoms with Crippen LogP contribution in [0.4, 0.5) is 18.0 Å². The van der Waals surface area contributed by atoms with Gasteiger partial charge in [0, 0.05) is 32.3 Å². The number of ether oxygens (including phenoxy) is 1. The van der Waals surface area contributed by atoms with Gasteiger partial charge in [-0.15, -0.1) is 13.2 Å². The minimum atomic E-state index is -4.77. The summed E-state index contributed by atoms with van der Waals surface area (Å²) in [6.07, 6.45) is -1.38. The van der Waals surface area contributed by atoms with Crippen LogP contribution in [0.5, 0.6) is 5.75 Å². The monoisotopic (exact) mass is 398 g/mol. The van der Waals surface area contributed by atoms with Gasteiger partial charge < -0.3 is 19.6 Å². The lowest BCUT2D eigenvalue weighted by atomic mass is 9.92. The number of amides is 2. The van der Waals surface area contributed by atoms with Crippen molar-refractivity contribution in [2.24, 2.45) is 11.8 Å². The van der Waals surface area contributed by atoms with Crippen molar-refractivity contribution in [3.05, 3.63) is 35.9 Å². The highest BCUT2D eigenvalue weighted by Crippen LogP contribution is 2.32. The highest BCUT2D eigenvalue weighted by atomic mass is 19.4. The Kier molecular flexibility index (Phi) is 5.81. The van der Waals surface area contributed by atoms with E-state index >= 15 is 0 Å². The molecule has 2 amide bonds. The van der Waals surface area contributed by atoms with Gasteiger partial charge in [-0.25, -0.2) is 4.79 Å². The molecule has 28 heavy (non-hydrogen) atoms. The van der Waals surface area contributed by atoms with Crippen molar-refractivity contribution in [2.75, 3.05) is 26.2 Å². The van der Waals surface area contributed by atoms with E-state index in [0.29, 0.717) is 31.7 Å². The number of nitrogens with zero attached hydrogens (tertiary/aromatic N) is 2. The number of hydrogen-bond acceptors (Lipinski definition) is 3. The number of carbonyl (C=O) groups excluding carboxylic acids is 1. The maximum Gasteiger partial charge on any atom is 0.573 e. The van der Waals surface area contributed by atoms with E-state index in [-0.39, 0.29) is 23.5 Å². The zero-order valence-electron chi connectivity index (χ0n) is 15.1. The summed E-state index contributed by atoms with van der Waals surface area (Å²) >= 11 is 0. The van der Waals surface area contributed by atoms with Gasteiger partial charge in [-0.3, -0.25) is 4.79 Å². The molecule has 2 heterocycles. The lowest BCUT2D eigenvalue weighted by Gasteiger charge is -2.20. The van der Waals surface area contributed by atoms with Crippen LogP contribution in [0.25, 0.3) is 6.08 Å². The van der Waals surface area contributed by atoms with E-state index in [4.69, 9.17) is 5.11 Å². The highest BCUT2D eigenvalue weighted by Gasteiger charge is 2.37. The number of halogens is 3. The van der Waals surface area contributed by atoms with Gasteiger partial charge >= 0.3 is 12.5 Å². The molecule has 0 bridgehead atoms. The molecule has 9 heteroatoms. The molecule has 2 aliphatic rings. The van der Waals surface area contributed by atoms with Crippen molar-refractivity contribution in [2.45, 2.75) is 19.2 Å². The predicted molar refractivity (Wildman–Crippen MR) is 94.6 cm³/mol. The average molecular weight is 398 g/mol. The Hall–Kier alpha value is -2.71. The van der Waals surface area contributed by atoms with E-state index in [9.17, 15) is 22.8 Å². The number of alkyl halides is 3. The smallest absolute Gasteiger partial charge is 0.465 e. The van der Waals surface area contributed by atoms with E-state index in [2.05, 4.69) is 4.74 Å². The van der Waals surface area contributed by atoms with Crippen LogP contribution >= 0.6 is 0 Å². The largest absolute Gasteiger partial charge is 0.573 e. The fraction of sp³-hybridized carbons (Fsp3) is 0.474. The second-order valence-corrected chi connectivity index (χ2v) is 7.06. The molecule has 3 rings (SSSR count). The standard InChI is InChI=1S/C19H21F3N2O4/c20-19(21,22)28-16-3-1-2-13(10-16)4-5-17(25)23-8-6-14-11-24(18(26)27)12-15(14)7-9-23/h1-5,10,14-15H,6-9,11-12H2,(H,26,27)/b5-4+/t14-,15+. The van der Waals surface area contributed by atoms with Gasteiger partial charge in [0.2, 0.25) is 5.91 Å². The van der Waals surface area contributed by atoms with Crippen LogP contribution in [0, 0.1) is 11.8 Å². The van der Waals surface area contributed by atoms with E-state index in [1.165, 1.54) is 35.3 Å². The summed E-state index contributed by atoms with van der Waals surface area (Å²) in [4.78, 5) is 26.7. The molecular weight excluding hydrogens is 377 g/mol. The molecule has 2 aliphatic heterocycles. The molecule has 0 saturated carbocycles. The number of likely N-dealkylation sites (tertiary alicyclic amines) is 2. The first-order valence-electron chi connectivity index (χ1n) is 9.02. The molecule has 1 N–H and O–H groups in total. The molecule has 0 unspecified atom stereocenters. The maximum absolute atomic E-state index is 12.5. The van der Waals surface area contributed by atoms with Crippen LogP contribution in [-0.4, -0.2) is 59.4 Å². The number of fused-ring (bicyclic) bond motifs is 1. The predicted octanol–water partition coefficient (Wildman–Crippen LogP) is 3.45. The average Bonchev–Trinajstić information content (AvgIpc) is 2.92. The minimum absolute atomic E-state index is 0.211. The van der Waals surface area contributed by atoms with Crippen LogP contribution < -0.4 is 4.74 Å². The fourth-order valence-corrected chi connectivity index (χ4v) is 3.81. The minimum Gasteiger partial charge on any atom is -0.465 e. The Labute approximate surface area is 160 Å². The summed E-state index contributed by atoms with van der Waals surface area (Å²) < 4.78 is 40.8. The summed E-state index contributed by atoms with van der Waals surface area (Å²) in [6, 6.07) is 5.41. The van der Waals surface area contributed by atoms with E-state index < -0.39 is 12.5 Å². The van der Waals surface area contributed by atoms with Crippen molar-refractivity contribution in [1.82, 2.24) is 9.80 Å². The second-order valence-electron chi connectivity index (χ2n) is 7.06. The van der Waals surface area contributed by atoms with Crippen molar-refractivity contribution < 1.29 is 32.6 Å². The molecule has 1 aromatic rings. The van der Waals surface area contributed by atoms with Crippen molar-refractivity contribution in [3.63, 3.8) is 0 Å². The summed E-state index contributed by atoms with van der Waals surface area (Å²) in [5, 5.41) is 9.11. The van der Waals surface area contributed by atoms with Gasteiger partial charge in [0.25, 0.3) is 0 Å². The molecular formula is C19H21F3N2O4. The van der Waals surface area contributed by atoms with Gasteiger partial charge in [0.1, 0.15) is 5.75 Å². The first-order chi connectivity index (χ1) is 13.2. The van der Waals surface area contributed by atoms with E-state index in [1.807, 2.05) is 0 Å². The number of benzene rings is 1. The van der Waals surface area contributed by atoms with Gasteiger partial charge in [-0.05, 0) is 48.4 Å². The molecule has 0 aromatic heterocycles. The normalized spacial score (nSPS) is 22.8. The molecule has 2 fully saturated rings. The Bertz CT molecular complexity index is 750. The molecule has 1 aromatic carbocycles. The zero-order valence-corrected chi connectivity index (χ0v) is 15.1. The fourth-order valence-electron chi connectivity index (χ4n) is 3.81. The lowest BCUT2D eigenvalue weighted by molar-refractivity contribution is -0.274. The van der Waals surface area contributed by atoms with Crippen molar-refractivity contribution in [3.8, 4) is 5.75 Å². The molecule has 2 saturated heterocycles.